The lowest BCUT2D eigenvalue weighted by molar-refractivity contribution is -0.0342. The van der Waals surface area contributed by atoms with Gasteiger partial charge >= 0.3 is 0 Å². The second kappa shape index (κ2) is 7.58. The molecular weight excluding hydrogens is 416 g/mol. The standard InChI is InChI=1S/C20H16ClF2N5O2/c1-12(28-18(29)14-4-2-3-5-17(14)26-19(28)21)20(30,9-27-11-24-10-25-27)15-7-6-13(22)8-16(15)23/h2-8,10-12,30H,9H2,1H3. The SMILES string of the molecule is CC(n1c(Cl)nc2ccccc2c1=O)C(O)(Cn1cncn1)c1ccc(F)cc1F. The Bertz CT molecular complexity index is 1280. The molecule has 0 radical (unpaired) electrons. The molecule has 4 rings (SSSR count). The fourth-order valence-corrected chi connectivity index (χ4v) is 3.83. The predicted molar refractivity (Wildman–Crippen MR) is 106 cm³/mol. The van der Waals surface area contributed by atoms with Gasteiger partial charge in [0.1, 0.15) is 29.9 Å². The fraction of sp³-hybridized carbons (Fsp3) is 0.200. The van der Waals surface area contributed by atoms with Gasteiger partial charge in [-0.05, 0) is 36.7 Å². The lowest BCUT2D eigenvalue weighted by Crippen LogP contribution is -2.44. The maximum absolute atomic E-state index is 14.7. The minimum absolute atomic E-state index is 0.175. The van der Waals surface area contributed by atoms with Crippen LogP contribution in [0, 0.1) is 11.6 Å². The number of hydrogen-bond acceptors (Lipinski definition) is 5. The normalized spacial score (nSPS) is 14.6. The summed E-state index contributed by atoms with van der Waals surface area (Å²) in [6, 6.07) is 8.34. The molecule has 0 saturated heterocycles. The van der Waals surface area contributed by atoms with E-state index in [0.717, 1.165) is 16.7 Å². The first kappa shape index (κ1) is 20.1. The summed E-state index contributed by atoms with van der Waals surface area (Å²) in [6.07, 6.45) is 2.59. The van der Waals surface area contributed by atoms with Crippen molar-refractivity contribution >= 4 is 22.5 Å². The molecule has 4 aromatic rings. The van der Waals surface area contributed by atoms with Crippen molar-refractivity contribution in [3.05, 3.63) is 88.0 Å². The highest BCUT2D eigenvalue weighted by Crippen LogP contribution is 2.37. The van der Waals surface area contributed by atoms with Gasteiger partial charge in [-0.25, -0.2) is 23.4 Å². The van der Waals surface area contributed by atoms with Crippen LogP contribution in [0.5, 0.6) is 0 Å². The highest BCUT2D eigenvalue weighted by atomic mass is 35.5. The van der Waals surface area contributed by atoms with E-state index < -0.39 is 28.8 Å². The maximum Gasteiger partial charge on any atom is 0.262 e. The van der Waals surface area contributed by atoms with E-state index in [4.69, 9.17) is 11.6 Å². The molecule has 2 heterocycles. The monoisotopic (exact) mass is 431 g/mol. The van der Waals surface area contributed by atoms with Crippen LogP contribution in [0.3, 0.4) is 0 Å². The molecule has 30 heavy (non-hydrogen) atoms. The highest BCUT2D eigenvalue weighted by Gasteiger charge is 2.41. The van der Waals surface area contributed by atoms with Crippen LogP contribution in [0.15, 0.2) is 59.9 Å². The molecular formula is C20H16ClF2N5O2. The number of halogens is 3. The number of fused-ring (bicyclic) bond motifs is 1. The van der Waals surface area contributed by atoms with E-state index in [1.54, 1.807) is 24.3 Å². The molecule has 2 atom stereocenters. The summed E-state index contributed by atoms with van der Waals surface area (Å²) in [4.78, 5) is 21.2. The van der Waals surface area contributed by atoms with E-state index in [9.17, 15) is 18.7 Å². The Labute approximate surface area is 174 Å². The van der Waals surface area contributed by atoms with Gasteiger partial charge in [-0.15, -0.1) is 0 Å². The molecule has 0 aliphatic heterocycles. The smallest absolute Gasteiger partial charge is 0.262 e. The van der Waals surface area contributed by atoms with E-state index in [-0.39, 0.29) is 22.8 Å². The van der Waals surface area contributed by atoms with Gasteiger partial charge in [0.05, 0.1) is 23.5 Å². The van der Waals surface area contributed by atoms with Crippen LogP contribution in [-0.4, -0.2) is 29.4 Å². The molecule has 10 heteroatoms. The van der Waals surface area contributed by atoms with E-state index in [1.165, 1.54) is 24.3 Å². The zero-order valence-corrected chi connectivity index (χ0v) is 16.5. The third-order valence-electron chi connectivity index (χ3n) is 5.11. The van der Waals surface area contributed by atoms with Gasteiger partial charge in [0, 0.05) is 11.6 Å². The van der Waals surface area contributed by atoms with Crippen molar-refractivity contribution in [2.24, 2.45) is 0 Å². The molecule has 2 aromatic heterocycles. The third kappa shape index (κ3) is 3.35. The number of para-hydroxylation sites is 1. The maximum atomic E-state index is 14.7. The van der Waals surface area contributed by atoms with Crippen molar-refractivity contribution in [3.63, 3.8) is 0 Å². The largest absolute Gasteiger partial charge is 0.381 e. The lowest BCUT2D eigenvalue weighted by atomic mass is 9.86. The number of benzene rings is 2. The fourth-order valence-electron chi connectivity index (χ4n) is 3.51. The van der Waals surface area contributed by atoms with Gasteiger partial charge in [0.25, 0.3) is 5.56 Å². The predicted octanol–water partition coefficient (Wildman–Crippen LogP) is 3.07. The molecule has 0 aliphatic rings. The quantitative estimate of drug-likeness (QED) is 0.491. The first-order valence-electron chi connectivity index (χ1n) is 8.98. The Morgan fingerprint density at radius 2 is 2.00 bits per heavy atom. The van der Waals surface area contributed by atoms with Crippen LogP contribution >= 0.6 is 11.6 Å². The molecule has 0 spiro atoms. The van der Waals surface area contributed by atoms with Crippen molar-refractivity contribution in [2.45, 2.75) is 25.1 Å². The van der Waals surface area contributed by atoms with Gasteiger partial charge < -0.3 is 5.11 Å². The van der Waals surface area contributed by atoms with E-state index in [0.29, 0.717) is 11.6 Å². The molecule has 154 valence electrons. The summed E-state index contributed by atoms with van der Waals surface area (Å²) in [5.74, 6) is -1.77. The average molecular weight is 432 g/mol. The molecule has 1 N–H and O–H groups in total. The van der Waals surface area contributed by atoms with E-state index in [1.807, 2.05) is 0 Å². The van der Waals surface area contributed by atoms with Crippen LogP contribution in [0.25, 0.3) is 10.9 Å². The number of aromatic nitrogens is 5. The Morgan fingerprint density at radius 3 is 2.70 bits per heavy atom. The molecule has 0 amide bonds. The van der Waals surface area contributed by atoms with Gasteiger partial charge in [-0.3, -0.25) is 9.36 Å². The van der Waals surface area contributed by atoms with Crippen molar-refractivity contribution in [1.82, 2.24) is 24.3 Å². The van der Waals surface area contributed by atoms with Gasteiger partial charge in [-0.2, -0.15) is 5.10 Å². The third-order valence-corrected chi connectivity index (χ3v) is 5.38. The summed E-state index contributed by atoms with van der Waals surface area (Å²) < 4.78 is 30.6. The Kier molecular flexibility index (Phi) is 5.08. The molecule has 0 fully saturated rings. The second-order valence-corrected chi connectivity index (χ2v) is 7.23. The van der Waals surface area contributed by atoms with Crippen molar-refractivity contribution in [1.29, 1.82) is 0 Å². The molecule has 0 bridgehead atoms. The van der Waals surface area contributed by atoms with Crippen LogP contribution in [0.4, 0.5) is 8.78 Å². The Morgan fingerprint density at radius 1 is 1.23 bits per heavy atom. The molecule has 0 saturated carbocycles. The van der Waals surface area contributed by atoms with E-state index in [2.05, 4.69) is 15.1 Å². The van der Waals surface area contributed by atoms with Crippen LogP contribution in [0.1, 0.15) is 18.5 Å². The first-order chi connectivity index (χ1) is 14.3. The number of hydrogen-bond donors (Lipinski definition) is 1. The van der Waals surface area contributed by atoms with Gasteiger partial charge in [0.2, 0.25) is 5.28 Å². The Hall–Kier alpha value is -3.17. The zero-order chi connectivity index (χ0) is 21.5. The van der Waals surface area contributed by atoms with Crippen molar-refractivity contribution in [3.8, 4) is 0 Å². The minimum Gasteiger partial charge on any atom is -0.381 e. The summed E-state index contributed by atoms with van der Waals surface area (Å²) in [7, 11) is 0. The van der Waals surface area contributed by atoms with Gasteiger partial charge in [0.15, 0.2) is 0 Å². The lowest BCUT2D eigenvalue weighted by Gasteiger charge is -2.36. The van der Waals surface area contributed by atoms with Gasteiger partial charge in [-0.1, -0.05) is 18.2 Å². The summed E-state index contributed by atoms with van der Waals surface area (Å²) in [5, 5.41) is 15.7. The number of nitrogens with zero attached hydrogens (tertiary/aromatic N) is 5. The van der Waals surface area contributed by atoms with Crippen molar-refractivity contribution < 1.29 is 13.9 Å². The zero-order valence-electron chi connectivity index (χ0n) is 15.7. The van der Waals surface area contributed by atoms with Crippen LogP contribution in [-0.2, 0) is 12.1 Å². The number of aliphatic hydroxyl groups is 1. The molecule has 2 aromatic carbocycles. The molecule has 7 nitrogen and oxygen atoms in total. The van der Waals surface area contributed by atoms with E-state index >= 15 is 0 Å². The number of rotatable bonds is 5. The Balaban J connectivity index is 1.93. The highest BCUT2D eigenvalue weighted by molar-refractivity contribution is 6.28. The average Bonchev–Trinajstić information content (AvgIpc) is 3.20. The summed E-state index contributed by atoms with van der Waals surface area (Å²) in [6.45, 7) is 1.23. The topological polar surface area (TPSA) is 85.8 Å². The minimum atomic E-state index is -2.04. The van der Waals surface area contributed by atoms with Crippen molar-refractivity contribution in [2.75, 3.05) is 0 Å². The van der Waals surface area contributed by atoms with Crippen LogP contribution < -0.4 is 5.56 Å². The first-order valence-corrected chi connectivity index (χ1v) is 9.36. The molecule has 0 aliphatic carbocycles. The summed E-state index contributed by atoms with van der Waals surface area (Å²) >= 11 is 6.30. The second-order valence-electron chi connectivity index (χ2n) is 6.89. The summed E-state index contributed by atoms with van der Waals surface area (Å²) in [5.41, 5.74) is -2.37. The van der Waals surface area contributed by atoms with Crippen LogP contribution in [0.2, 0.25) is 5.28 Å². The molecule has 2 unspecified atom stereocenters.